The Morgan fingerprint density at radius 3 is 2.50 bits per heavy atom. The normalized spacial score (nSPS) is 15.1. The highest BCUT2D eigenvalue weighted by molar-refractivity contribution is 7.80. The Hall–Kier alpha value is -3.82. The molecule has 0 radical (unpaired) electrons. The fourth-order valence-electron chi connectivity index (χ4n) is 3.95. The predicted octanol–water partition coefficient (Wildman–Crippen LogP) is 4.80. The minimum Gasteiger partial charge on any atom is -0.318 e. The molecule has 3 aromatic rings. The fraction of sp³-hybridized carbons (Fsp3) is 0.125. The number of aryl methyl sites for hydroxylation is 1. The lowest BCUT2D eigenvalue weighted by Crippen LogP contribution is -2.54. The molecule has 8 nitrogen and oxygen atoms in total. The summed E-state index contributed by atoms with van der Waals surface area (Å²) < 4.78 is 1.83. The number of halogens is 1. The topological polar surface area (TPSA) is 97.5 Å². The largest absolute Gasteiger partial charge is 0.318 e. The van der Waals surface area contributed by atoms with Crippen molar-refractivity contribution in [2.24, 2.45) is 0 Å². The van der Waals surface area contributed by atoms with Crippen molar-refractivity contribution in [2.75, 3.05) is 4.90 Å². The fourth-order valence-corrected chi connectivity index (χ4v) is 4.39. The van der Waals surface area contributed by atoms with E-state index in [1.165, 1.54) is 23.1 Å². The number of amides is 2. The molecule has 4 rings (SSSR count). The van der Waals surface area contributed by atoms with Crippen LogP contribution < -0.4 is 10.2 Å². The van der Waals surface area contributed by atoms with Crippen molar-refractivity contribution in [2.45, 2.75) is 20.8 Å². The third kappa shape index (κ3) is 4.00. The van der Waals surface area contributed by atoms with Gasteiger partial charge in [-0.3, -0.25) is 29.9 Å². The van der Waals surface area contributed by atoms with Gasteiger partial charge < -0.3 is 4.57 Å². The van der Waals surface area contributed by atoms with Crippen LogP contribution in [0.2, 0.25) is 5.02 Å². The van der Waals surface area contributed by atoms with Gasteiger partial charge in [-0.2, -0.15) is 0 Å². The number of rotatable bonds is 4. The molecule has 2 heterocycles. The molecule has 1 aliphatic heterocycles. The molecular weight excluding hydrogens is 476 g/mol. The van der Waals surface area contributed by atoms with Crippen molar-refractivity contribution in [3.63, 3.8) is 0 Å². The number of carbonyl (C=O) groups is 2. The first-order chi connectivity index (χ1) is 16.1. The minimum atomic E-state index is -0.605. The van der Waals surface area contributed by atoms with Crippen molar-refractivity contribution in [1.82, 2.24) is 9.88 Å². The lowest BCUT2D eigenvalue weighted by Gasteiger charge is -2.30. The zero-order valence-electron chi connectivity index (χ0n) is 18.5. The third-order valence-corrected chi connectivity index (χ3v) is 6.34. The second kappa shape index (κ2) is 8.85. The maximum absolute atomic E-state index is 13.4. The molecule has 34 heavy (non-hydrogen) atoms. The molecule has 0 bridgehead atoms. The van der Waals surface area contributed by atoms with E-state index in [1.54, 1.807) is 37.3 Å². The van der Waals surface area contributed by atoms with Crippen LogP contribution in [-0.4, -0.2) is 26.4 Å². The van der Waals surface area contributed by atoms with Gasteiger partial charge in [-0.1, -0.05) is 23.7 Å². The summed E-state index contributed by atoms with van der Waals surface area (Å²) >= 11 is 11.5. The van der Waals surface area contributed by atoms with Crippen LogP contribution in [-0.2, 0) is 9.59 Å². The first-order valence-electron chi connectivity index (χ1n) is 10.2. The third-order valence-electron chi connectivity index (χ3n) is 5.65. The zero-order chi connectivity index (χ0) is 24.7. The maximum Gasteiger partial charge on any atom is 0.271 e. The average molecular weight is 495 g/mol. The van der Waals surface area contributed by atoms with Crippen molar-refractivity contribution in [3.8, 4) is 5.69 Å². The lowest BCUT2D eigenvalue weighted by molar-refractivity contribution is -0.384. The Kier molecular flexibility index (Phi) is 6.07. The van der Waals surface area contributed by atoms with Crippen molar-refractivity contribution < 1.29 is 14.5 Å². The van der Waals surface area contributed by atoms with E-state index in [2.05, 4.69) is 5.32 Å². The SMILES string of the molecule is Cc1c(Cl)cccc1N1C(=O)/C(=C/c2cc(C)n(-c3cccc([N+](=O)[O-])c3)c2C)C(=O)NC1=S. The van der Waals surface area contributed by atoms with Gasteiger partial charge in [0.25, 0.3) is 17.5 Å². The van der Waals surface area contributed by atoms with Gasteiger partial charge in [-0.15, -0.1) is 0 Å². The summed E-state index contributed by atoms with van der Waals surface area (Å²) in [4.78, 5) is 38.1. The summed E-state index contributed by atoms with van der Waals surface area (Å²) in [5.41, 5.74) is 3.73. The Bertz CT molecular complexity index is 1430. The van der Waals surface area contributed by atoms with Crippen LogP contribution in [0.5, 0.6) is 0 Å². The molecule has 10 heteroatoms. The smallest absolute Gasteiger partial charge is 0.271 e. The Balaban J connectivity index is 1.79. The molecule has 2 amide bonds. The highest BCUT2D eigenvalue weighted by Crippen LogP contribution is 2.31. The molecule has 0 spiro atoms. The summed E-state index contributed by atoms with van der Waals surface area (Å²) in [5, 5.41) is 14.2. The lowest BCUT2D eigenvalue weighted by atomic mass is 10.1. The average Bonchev–Trinajstić information content (AvgIpc) is 3.06. The number of aromatic nitrogens is 1. The molecule has 0 aliphatic carbocycles. The molecule has 0 unspecified atom stereocenters. The molecule has 1 fully saturated rings. The summed E-state index contributed by atoms with van der Waals surface area (Å²) in [6.45, 7) is 5.42. The van der Waals surface area contributed by atoms with Gasteiger partial charge >= 0.3 is 0 Å². The quantitative estimate of drug-likeness (QED) is 0.185. The van der Waals surface area contributed by atoms with E-state index >= 15 is 0 Å². The number of carbonyl (C=O) groups excluding carboxylic acids is 2. The van der Waals surface area contributed by atoms with Crippen LogP contribution in [0.15, 0.2) is 54.1 Å². The van der Waals surface area contributed by atoms with Crippen LogP contribution >= 0.6 is 23.8 Å². The second-order valence-corrected chi connectivity index (χ2v) is 8.57. The Labute approximate surface area is 205 Å². The number of benzene rings is 2. The number of nitro benzene ring substituents is 1. The van der Waals surface area contributed by atoms with Gasteiger partial charge in [0.2, 0.25) is 0 Å². The van der Waals surface area contributed by atoms with Gasteiger partial charge in [-0.05, 0) is 74.5 Å². The highest BCUT2D eigenvalue weighted by Gasteiger charge is 2.35. The van der Waals surface area contributed by atoms with E-state index in [1.807, 2.05) is 24.5 Å². The summed E-state index contributed by atoms with van der Waals surface area (Å²) in [5.74, 6) is -1.18. The van der Waals surface area contributed by atoms with E-state index in [0.717, 1.165) is 5.69 Å². The molecule has 1 aliphatic rings. The van der Waals surface area contributed by atoms with E-state index in [-0.39, 0.29) is 16.4 Å². The van der Waals surface area contributed by atoms with Gasteiger partial charge in [0.15, 0.2) is 5.11 Å². The van der Waals surface area contributed by atoms with Crippen molar-refractivity contribution >= 4 is 58.2 Å². The van der Waals surface area contributed by atoms with Crippen molar-refractivity contribution in [1.29, 1.82) is 0 Å². The standard InChI is InChI=1S/C24H19ClN4O4S/c1-13-10-16(15(3)27(13)17-6-4-7-18(12-17)29(32)33)11-19-22(30)26-24(34)28(23(19)31)21-9-5-8-20(25)14(21)2/h4-12H,1-3H3,(H,26,30,34)/b19-11+. The van der Waals surface area contributed by atoms with Gasteiger partial charge in [-0.25, -0.2) is 0 Å². The number of non-ortho nitro benzene ring substituents is 1. The van der Waals surface area contributed by atoms with Crippen LogP contribution in [0.25, 0.3) is 11.8 Å². The zero-order valence-corrected chi connectivity index (χ0v) is 20.0. The van der Waals surface area contributed by atoms with E-state index < -0.39 is 16.7 Å². The van der Waals surface area contributed by atoms with E-state index in [4.69, 9.17) is 23.8 Å². The van der Waals surface area contributed by atoms with Crippen LogP contribution in [0, 0.1) is 30.9 Å². The molecule has 0 atom stereocenters. The van der Waals surface area contributed by atoms with Crippen LogP contribution in [0.4, 0.5) is 11.4 Å². The van der Waals surface area contributed by atoms with Gasteiger partial charge in [0, 0.05) is 28.5 Å². The number of thiocarbonyl (C=S) groups is 1. The molecule has 2 aromatic carbocycles. The molecule has 1 saturated heterocycles. The van der Waals surface area contributed by atoms with E-state index in [9.17, 15) is 19.7 Å². The second-order valence-electron chi connectivity index (χ2n) is 7.78. The number of anilines is 1. The highest BCUT2D eigenvalue weighted by atomic mass is 35.5. The Morgan fingerprint density at radius 1 is 1.09 bits per heavy atom. The van der Waals surface area contributed by atoms with Crippen molar-refractivity contribution in [3.05, 3.63) is 91.8 Å². The van der Waals surface area contributed by atoms with Gasteiger partial charge in [0.05, 0.1) is 16.3 Å². The Morgan fingerprint density at radius 2 is 1.79 bits per heavy atom. The summed E-state index contributed by atoms with van der Waals surface area (Å²) in [6, 6.07) is 13.2. The number of nitro groups is 1. The number of nitrogens with one attached hydrogen (secondary N) is 1. The molecule has 172 valence electrons. The maximum atomic E-state index is 13.4. The predicted molar refractivity (Wildman–Crippen MR) is 134 cm³/mol. The number of hydrogen-bond donors (Lipinski definition) is 1. The molecule has 0 saturated carbocycles. The first kappa shape index (κ1) is 23.3. The monoisotopic (exact) mass is 494 g/mol. The van der Waals surface area contributed by atoms with Crippen LogP contribution in [0.1, 0.15) is 22.5 Å². The molecular formula is C24H19ClN4O4S. The first-order valence-corrected chi connectivity index (χ1v) is 11.0. The number of nitrogens with zero attached hydrogens (tertiary/aromatic N) is 3. The summed E-state index contributed by atoms with van der Waals surface area (Å²) in [6.07, 6.45) is 1.50. The van der Waals surface area contributed by atoms with Crippen LogP contribution in [0.3, 0.4) is 0 Å². The minimum absolute atomic E-state index is 0.0282. The number of hydrogen-bond acceptors (Lipinski definition) is 5. The summed E-state index contributed by atoms with van der Waals surface area (Å²) in [7, 11) is 0. The van der Waals surface area contributed by atoms with Gasteiger partial charge in [0.1, 0.15) is 5.57 Å². The molecule has 1 N–H and O–H groups in total. The van der Waals surface area contributed by atoms with E-state index in [0.29, 0.717) is 33.2 Å². The molecule has 1 aromatic heterocycles.